The van der Waals surface area contributed by atoms with Gasteiger partial charge in [0.1, 0.15) is 11.5 Å². The number of fused-ring (bicyclic) bond motifs is 2. The van der Waals surface area contributed by atoms with Crippen molar-refractivity contribution in [3.63, 3.8) is 0 Å². The normalized spacial score (nSPS) is 20.9. The summed E-state index contributed by atoms with van der Waals surface area (Å²) in [7, 11) is 0. The number of rotatable bonds is 2. The Kier molecular flexibility index (Phi) is 4.81. The third-order valence-corrected chi connectivity index (χ3v) is 6.15. The first-order valence-electron chi connectivity index (χ1n) is 10.9. The molecule has 5 heterocycles. The van der Waals surface area contributed by atoms with Crippen LogP contribution >= 0.6 is 0 Å². The van der Waals surface area contributed by atoms with Crippen molar-refractivity contribution >= 4 is 28.9 Å². The molecule has 2 aliphatic rings. The molecule has 1 saturated heterocycles. The number of carbonyl (C=O) groups excluding carboxylic acids is 1. The molecule has 1 fully saturated rings. The fourth-order valence-electron chi connectivity index (χ4n) is 4.86. The number of aryl methyl sites for hydroxylation is 2. The molecule has 0 unspecified atom stereocenters. The van der Waals surface area contributed by atoms with Crippen molar-refractivity contribution in [3.8, 4) is 0 Å². The monoisotopic (exact) mass is 419 g/mol. The number of piperazine rings is 1. The summed E-state index contributed by atoms with van der Waals surface area (Å²) in [5, 5.41) is 6.66. The second kappa shape index (κ2) is 7.53. The number of pyridine rings is 2. The summed E-state index contributed by atoms with van der Waals surface area (Å²) in [6.45, 7) is 10.9. The van der Waals surface area contributed by atoms with Gasteiger partial charge in [-0.25, -0.2) is 14.8 Å². The van der Waals surface area contributed by atoms with E-state index in [1.165, 1.54) is 5.69 Å². The van der Waals surface area contributed by atoms with Gasteiger partial charge in [-0.15, -0.1) is 0 Å². The maximum absolute atomic E-state index is 13.2. The largest absolute Gasteiger partial charge is 0.368 e. The number of urea groups is 1. The van der Waals surface area contributed by atoms with E-state index in [2.05, 4.69) is 45.4 Å². The highest BCUT2D eigenvalue weighted by molar-refractivity contribution is 6.03. The highest BCUT2D eigenvalue weighted by atomic mass is 16.2. The van der Waals surface area contributed by atoms with Gasteiger partial charge in [0.15, 0.2) is 0 Å². The van der Waals surface area contributed by atoms with Crippen molar-refractivity contribution in [2.24, 2.45) is 0 Å². The molecular formula is C23H29N7O. The van der Waals surface area contributed by atoms with E-state index < -0.39 is 0 Å². The molecule has 3 aromatic heterocycles. The van der Waals surface area contributed by atoms with Crippen LogP contribution in [0, 0.1) is 13.8 Å². The first kappa shape index (κ1) is 19.8. The minimum atomic E-state index is -0.148. The first-order valence-corrected chi connectivity index (χ1v) is 10.9. The Morgan fingerprint density at radius 2 is 1.97 bits per heavy atom. The minimum absolute atomic E-state index is 0.148. The van der Waals surface area contributed by atoms with Gasteiger partial charge in [0, 0.05) is 61.6 Å². The SMILES string of the molecule is Cc1cn2cc(NC(=O)N3CCc4c(N5C[C@@H](C)N[C@@H](C)C5)ccnc43)c(C)cc2n1. The molecule has 2 N–H and O–H groups in total. The van der Waals surface area contributed by atoms with E-state index in [9.17, 15) is 4.79 Å². The highest BCUT2D eigenvalue weighted by Gasteiger charge is 2.31. The molecule has 162 valence electrons. The molecule has 0 spiro atoms. The fraction of sp³-hybridized carbons (Fsp3) is 0.435. The van der Waals surface area contributed by atoms with E-state index >= 15 is 0 Å². The predicted molar refractivity (Wildman–Crippen MR) is 123 cm³/mol. The zero-order valence-electron chi connectivity index (χ0n) is 18.5. The molecule has 0 bridgehead atoms. The number of nitrogens with zero attached hydrogens (tertiary/aromatic N) is 5. The third-order valence-electron chi connectivity index (χ3n) is 6.15. The topological polar surface area (TPSA) is 77.8 Å². The van der Waals surface area contributed by atoms with E-state index in [0.29, 0.717) is 18.6 Å². The lowest BCUT2D eigenvalue weighted by Gasteiger charge is -2.38. The van der Waals surface area contributed by atoms with Crippen LogP contribution in [0.15, 0.2) is 30.7 Å². The van der Waals surface area contributed by atoms with Gasteiger partial charge in [0.2, 0.25) is 0 Å². The summed E-state index contributed by atoms with van der Waals surface area (Å²) in [4.78, 5) is 26.4. The fourth-order valence-corrected chi connectivity index (χ4v) is 4.86. The van der Waals surface area contributed by atoms with Crippen LogP contribution in [0.1, 0.15) is 30.7 Å². The van der Waals surface area contributed by atoms with Gasteiger partial charge < -0.3 is 19.9 Å². The lowest BCUT2D eigenvalue weighted by molar-refractivity contribution is 0.257. The molecule has 0 radical (unpaired) electrons. The highest BCUT2D eigenvalue weighted by Crippen LogP contribution is 2.35. The Balaban J connectivity index is 1.40. The van der Waals surface area contributed by atoms with E-state index in [-0.39, 0.29) is 6.03 Å². The molecule has 5 rings (SSSR count). The van der Waals surface area contributed by atoms with E-state index in [1.807, 2.05) is 42.9 Å². The van der Waals surface area contributed by atoms with Gasteiger partial charge in [-0.2, -0.15) is 0 Å². The standard InChI is InChI=1S/C23H29N7O/c1-14-9-21-26-17(4)12-29(21)13-19(14)27-23(31)30-8-6-18-20(5-7-24-22(18)30)28-10-15(2)25-16(3)11-28/h5,7,9,12-13,15-16,25H,6,8,10-11H2,1-4H3,(H,27,31)/t15-,16+. The molecule has 8 heteroatoms. The molecule has 31 heavy (non-hydrogen) atoms. The van der Waals surface area contributed by atoms with Crippen molar-refractivity contribution in [1.82, 2.24) is 19.7 Å². The zero-order valence-corrected chi connectivity index (χ0v) is 18.5. The van der Waals surface area contributed by atoms with Gasteiger partial charge in [-0.1, -0.05) is 0 Å². The second-order valence-corrected chi connectivity index (χ2v) is 8.86. The summed E-state index contributed by atoms with van der Waals surface area (Å²) in [5.74, 6) is 0.769. The molecular weight excluding hydrogens is 390 g/mol. The van der Waals surface area contributed by atoms with Crippen LogP contribution in [0.3, 0.4) is 0 Å². The van der Waals surface area contributed by atoms with Crippen molar-refractivity contribution < 1.29 is 4.79 Å². The van der Waals surface area contributed by atoms with Gasteiger partial charge in [0.05, 0.1) is 11.4 Å². The van der Waals surface area contributed by atoms with Crippen molar-refractivity contribution in [2.45, 2.75) is 46.2 Å². The van der Waals surface area contributed by atoms with Crippen molar-refractivity contribution in [1.29, 1.82) is 0 Å². The van der Waals surface area contributed by atoms with E-state index in [0.717, 1.165) is 53.5 Å². The average Bonchev–Trinajstić information content (AvgIpc) is 3.29. The summed E-state index contributed by atoms with van der Waals surface area (Å²) >= 11 is 0. The molecule has 2 aliphatic heterocycles. The quantitative estimate of drug-likeness (QED) is 0.667. The van der Waals surface area contributed by atoms with Crippen molar-refractivity contribution in [2.75, 3.05) is 34.8 Å². The minimum Gasteiger partial charge on any atom is -0.368 e. The van der Waals surface area contributed by atoms with Crippen LogP contribution < -0.4 is 20.4 Å². The Morgan fingerprint density at radius 3 is 2.74 bits per heavy atom. The molecule has 8 nitrogen and oxygen atoms in total. The van der Waals surface area contributed by atoms with Crippen molar-refractivity contribution in [3.05, 3.63) is 47.5 Å². The summed E-state index contributed by atoms with van der Waals surface area (Å²) < 4.78 is 1.94. The molecule has 3 aromatic rings. The molecule has 0 saturated carbocycles. The maximum atomic E-state index is 13.2. The number of hydrogen-bond donors (Lipinski definition) is 2. The predicted octanol–water partition coefficient (Wildman–Crippen LogP) is 3.13. The first-order chi connectivity index (χ1) is 14.9. The smallest absolute Gasteiger partial charge is 0.327 e. The number of aromatic nitrogens is 3. The Bertz CT molecular complexity index is 1140. The second-order valence-electron chi connectivity index (χ2n) is 8.86. The van der Waals surface area contributed by atoms with Crippen LogP contribution in [-0.4, -0.2) is 52.1 Å². The number of anilines is 3. The summed E-state index contributed by atoms with van der Waals surface area (Å²) in [6.07, 6.45) is 6.52. The number of hydrogen-bond acceptors (Lipinski definition) is 5. The Morgan fingerprint density at radius 1 is 1.19 bits per heavy atom. The van der Waals surface area contributed by atoms with Gasteiger partial charge in [0.25, 0.3) is 0 Å². The third kappa shape index (κ3) is 3.61. The summed E-state index contributed by atoms with van der Waals surface area (Å²) in [5.41, 5.74) is 5.96. The molecule has 0 aliphatic carbocycles. The lowest BCUT2D eigenvalue weighted by atomic mass is 10.1. The van der Waals surface area contributed by atoms with Crippen LogP contribution in [0.25, 0.3) is 5.65 Å². The lowest BCUT2D eigenvalue weighted by Crippen LogP contribution is -2.54. The number of nitrogens with one attached hydrogen (secondary N) is 2. The summed E-state index contributed by atoms with van der Waals surface area (Å²) in [6, 6.07) is 4.79. The number of amides is 2. The Hall–Kier alpha value is -3.13. The van der Waals surface area contributed by atoms with E-state index in [1.54, 1.807) is 4.90 Å². The Labute approximate surface area is 182 Å². The van der Waals surface area contributed by atoms with Crippen LogP contribution in [0.5, 0.6) is 0 Å². The molecule has 2 amide bonds. The van der Waals surface area contributed by atoms with Crippen LogP contribution in [0.4, 0.5) is 22.0 Å². The average molecular weight is 420 g/mol. The van der Waals surface area contributed by atoms with Gasteiger partial charge >= 0.3 is 6.03 Å². The molecule has 0 aromatic carbocycles. The maximum Gasteiger partial charge on any atom is 0.327 e. The van der Waals surface area contributed by atoms with Crippen LogP contribution in [-0.2, 0) is 6.42 Å². The van der Waals surface area contributed by atoms with E-state index in [4.69, 9.17) is 0 Å². The number of carbonyl (C=O) groups is 1. The van der Waals surface area contributed by atoms with Gasteiger partial charge in [-0.05, 0) is 51.8 Å². The zero-order chi connectivity index (χ0) is 21.7. The van der Waals surface area contributed by atoms with Gasteiger partial charge in [-0.3, -0.25) is 4.90 Å². The molecule has 2 atom stereocenters. The number of imidazole rings is 1. The van der Waals surface area contributed by atoms with Crippen LogP contribution in [0.2, 0.25) is 0 Å².